The van der Waals surface area contributed by atoms with E-state index in [0.29, 0.717) is 0 Å². The van der Waals surface area contributed by atoms with E-state index in [4.69, 9.17) is 0 Å². The zero-order valence-corrected chi connectivity index (χ0v) is 17.6. The third-order valence-electron chi connectivity index (χ3n) is 3.43. The average molecular weight is 371 g/mol. The minimum Gasteiger partial charge on any atom is -0.386 e. The number of hydrogen-bond donors (Lipinski definition) is 2. The van der Waals surface area contributed by atoms with Crippen LogP contribution in [0, 0.1) is 0 Å². The Bertz CT molecular complexity index is 420. The Morgan fingerprint density at radius 1 is 0.750 bits per heavy atom. The maximum absolute atomic E-state index is 10.3. The van der Waals surface area contributed by atoms with E-state index >= 15 is 0 Å². The smallest absolute Gasteiger partial charge is 0.0810 e. The fraction of sp³-hybridized carbons (Fsp3) is 0.600. The summed E-state index contributed by atoms with van der Waals surface area (Å²) in [6.07, 6.45) is 11.2. The lowest BCUT2D eigenvalue weighted by atomic mass is 10.00. The first-order valence-corrected chi connectivity index (χ1v) is 10.7. The van der Waals surface area contributed by atoms with Gasteiger partial charge in [-0.15, -0.1) is 0 Å². The lowest BCUT2D eigenvalue weighted by Gasteiger charge is -2.18. The zero-order valence-electron chi connectivity index (χ0n) is 16.0. The molecule has 2 atom stereocenters. The van der Waals surface area contributed by atoms with Crippen LogP contribution in [0.15, 0.2) is 46.3 Å². The van der Waals surface area contributed by atoms with Crippen LogP contribution >= 0.6 is 21.6 Å². The maximum Gasteiger partial charge on any atom is 0.0810 e. The van der Waals surface area contributed by atoms with Crippen LogP contribution in [0.4, 0.5) is 0 Å². The lowest BCUT2D eigenvalue weighted by molar-refractivity contribution is 0.103. The fourth-order valence-corrected chi connectivity index (χ4v) is 3.43. The van der Waals surface area contributed by atoms with Crippen molar-refractivity contribution in [3.05, 3.63) is 46.3 Å². The Labute approximate surface area is 156 Å². The zero-order chi connectivity index (χ0) is 18.6. The van der Waals surface area contributed by atoms with E-state index in [-0.39, 0.29) is 0 Å². The van der Waals surface area contributed by atoms with Gasteiger partial charge in [-0.2, -0.15) is 0 Å². The molecule has 0 aromatic heterocycles. The second-order valence-electron chi connectivity index (χ2n) is 7.15. The first kappa shape index (κ1) is 23.6. The van der Waals surface area contributed by atoms with E-state index in [9.17, 15) is 10.2 Å². The van der Waals surface area contributed by atoms with Crippen molar-refractivity contribution in [1.82, 2.24) is 0 Å². The molecular weight excluding hydrogens is 336 g/mol. The molecule has 0 bridgehead atoms. The summed E-state index contributed by atoms with van der Waals surface area (Å²) in [5.74, 6) is 0. The van der Waals surface area contributed by atoms with Crippen molar-refractivity contribution in [1.29, 1.82) is 0 Å². The van der Waals surface area contributed by atoms with E-state index in [1.807, 2.05) is 36.8 Å². The third-order valence-corrected chi connectivity index (χ3v) is 5.03. The minimum atomic E-state index is -0.779. The summed E-state index contributed by atoms with van der Waals surface area (Å²) in [5, 5.41) is 24.3. The van der Waals surface area contributed by atoms with Gasteiger partial charge in [-0.25, -0.2) is 0 Å². The highest BCUT2D eigenvalue weighted by Gasteiger charge is 2.15. The van der Waals surface area contributed by atoms with Crippen LogP contribution in [-0.2, 0) is 0 Å². The summed E-state index contributed by atoms with van der Waals surface area (Å²) < 4.78 is 0. The maximum atomic E-state index is 10.3. The molecule has 0 aliphatic carbocycles. The number of rotatable bonds is 11. The Hall–Kier alpha value is -0.420. The molecule has 0 aliphatic heterocycles. The van der Waals surface area contributed by atoms with Crippen LogP contribution in [0.2, 0.25) is 0 Å². The molecule has 0 amide bonds. The van der Waals surface area contributed by atoms with Gasteiger partial charge in [-0.05, 0) is 90.2 Å². The topological polar surface area (TPSA) is 40.5 Å². The second-order valence-corrected chi connectivity index (χ2v) is 9.24. The Balaban J connectivity index is 4.13. The molecule has 24 heavy (non-hydrogen) atoms. The summed E-state index contributed by atoms with van der Waals surface area (Å²) in [6.45, 7) is 11.9. The van der Waals surface area contributed by atoms with Crippen LogP contribution in [-0.4, -0.2) is 21.4 Å². The Morgan fingerprint density at radius 3 is 1.38 bits per heavy atom. The van der Waals surface area contributed by atoms with Gasteiger partial charge >= 0.3 is 0 Å². The summed E-state index contributed by atoms with van der Waals surface area (Å²) in [7, 11) is 3.08. The van der Waals surface area contributed by atoms with Crippen LogP contribution in [0.1, 0.15) is 67.2 Å². The van der Waals surface area contributed by atoms with Gasteiger partial charge in [0.05, 0.1) is 11.2 Å². The van der Waals surface area contributed by atoms with Gasteiger partial charge in [0.15, 0.2) is 0 Å². The molecule has 0 saturated carbocycles. The quantitative estimate of drug-likeness (QED) is 0.251. The molecule has 2 unspecified atom stereocenters. The molecule has 0 aromatic carbocycles. The molecule has 0 spiro atoms. The van der Waals surface area contributed by atoms with Crippen molar-refractivity contribution in [2.75, 3.05) is 0 Å². The van der Waals surface area contributed by atoms with E-state index in [0.717, 1.165) is 25.7 Å². The van der Waals surface area contributed by atoms with Gasteiger partial charge in [0.2, 0.25) is 0 Å². The van der Waals surface area contributed by atoms with Crippen LogP contribution < -0.4 is 0 Å². The highest BCUT2D eigenvalue weighted by molar-refractivity contribution is 8.78. The third kappa shape index (κ3) is 15.1. The molecule has 2 nitrogen and oxygen atoms in total. The average Bonchev–Trinajstić information content (AvgIpc) is 2.41. The van der Waals surface area contributed by atoms with Crippen molar-refractivity contribution in [2.45, 2.75) is 78.4 Å². The molecule has 0 fully saturated rings. The monoisotopic (exact) mass is 370 g/mol. The van der Waals surface area contributed by atoms with Crippen LogP contribution in [0.5, 0.6) is 0 Å². The summed E-state index contributed by atoms with van der Waals surface area (Å²) in [4.78, 5) is 0. The molecule has 0 aromatic rings. The molecule has 138 valence electrons. The van der Waals surface area contributed by atoms with Gasteiger partial charge in [0.25, 0.3) is 0 Å². The molecule has 0 aliphatic rings. The molecule has 0 heterocycles. The van der Waals surface area contributed by atoms with E-state index in [1.54, 1.807) is 21.6 Å². The van der Waals surface area contributed by atoms with Crippen LogP contribution in [0.3, 0.4) is 0 Å². The molecule has 4 heteroatoms. The van der Waals surface area contributed by atoms with Gasteiger partial charge in [-0.1, -0.05) is 44.9 Å². The highest BCUT2D eigenvalue weighted by atomic mass is 33.1. The molecule has 2 N–H and O–H groups in total. The van der Waals surface area contributed by atoms with Crippen molar-refractivity contribution in [3.8, 4) is 0 Å². The van der Waals surface area contributed by atoms with Gasteiger partial charge in [0, 0.05) is 0 Å². The standard InChI is InChI=1S/C20H34O2S2/c1-17(2)9-7-11-19(5,21)13-15-23-24-16-14-20(6,22)12-8-10-18(3)4/h9-10,13-16,21-22H,7-8,11-12H2,1-6H3. The summed E-state index contributed by atoms with van der Waals surface area (Å²) in [5.41, 5.74) is 1.00. The van der Waals surface area contributed by atoms with Gasteiger partial charge in [-0.3, -0.25) is 0 Å². The second kappa shape index (κ2) is 12.0. The SMILES string of the molecule is CC(C)=CCCC(C)(O)C=CSSC=CC(C)(O)CCC=C(C)C. The first-order chi connectivity index (χ1) is 11.0. The van der Waals surface area contributed by atoms with E-state index in [1.165, 1.54) is 11.1 Å². The highest BCUT2D eigenvalue weighted by Crippen LogP contribution is 2.28. The van der Waals surface area contributed by atoms with Crippen molar-refractivity contribution in [2.24, 2.45) is 0 Å². The summed E-state index contributed by atoms with van der Waals surface area (Å²) >= 11 is 0. The van der Waals surface area contributed by atoms with Gasteiger partial charge in [0.1, 0.15) is 0 Å². The number of allylic oxidation sites excluding steroid dienone is 4. The summed E-state index contributed by atoms with van der Waals surface area (Å²) in [6, 6.07) is 0. The Morgan fingerprint density at radius 2 is 1.08 bits per heavy atom. The first-order valence-electron chi connectivity index (χ1n) is 8.43. The van der Waals surface area contributed by atoms with Crippen molar-refractivity contribution in [3.63, 3.8) is 0 Å². The minimum absolute atomic E-state index is 0.717. The fourth-order valence-electron chi connectivity index (χ4n) is 1.89. The van der Waals surface area contributed by atoms with E-state index in [2.05, 4.69) is 39.8 Å². The van der Waals surface area contributed by atoms with E-state index < -0.39 is 11.2 Å². The van der Waals surface area contributed by atoms with Gasteiger partial charge < -0.3 is 10.2 Å². The van der Waals surface area contributed by atoms with Crippen molar-refractivity contribution < 1.29 is 10.2 Å². The Kier molecular flexibility index (Phi) is 11.8. The molecule has 0 saturated heterocycles. The molecule has 0 radical (unpaired) electrons. The molecule has 0 rings (SSSR count). The predicted octanol–water partition coefficient (Wildman–Crippen LogP) is 6.39. The predicted molar refractivity (Wildman–Crippen MR) is 112 cm³/mol. The van der Waals surface area contributed by atoms with Crippen LogP contribution in [0.25, 0.3) is 0 Å². The number of hydrogen-bond acceptors (Lipinski definition) is 4. The van der Waals surface area contributed by atoms with Crippen molar-refractivity contribution >= 4 is 21.6 Å². The molecular formula is C20H34O2S2. The number of aliphatic hydroxyl groups is 2. The largest absolute Gasteiger partial charge is 0.386 e. The lowest BCUT2D eigenvalue weighted by Crippen LogP contribution is -2.19. The normalized spacial score (nSPS) is 16.8.